The molecular formula is C10H15N5O. The topological polar surface area (TPSA) is 74.8 Å². The predicted molar refractivity (Wildman–Crippen MR) is 58.8 cm³/mol. The number of nitrogens with zero attached hydrogens (tertiary/aromatic N) is 4. The van der Waals surface area contributed by atoms with E-state index in [1.807, 2.05) is 0 Å². The molecule has 1 aliphatic rings. The lowest BCUT2D eigenvalue weighted by atomic mass is 9.94. The highest BCUT2D eigenvalue weighted by atomic mass is 16.2. The molecule has 0 saturated heterocycles. The fraction of sp³-hybridized carbons (Fsp3) is 0.600. The first-order valence-electron chi connectivity index (χ1n) is 5.48. The van der Waals surface area contributed by atoms with Crippen LogP contribution in [-0.4, -0.2) is 33.6 Å². The molecule has 0 atom stereocenters. The van der Waals surface area contributed by atoms with Gasteiger partial charge < -0.3 is 0 Å². The van der Waals surface area contributed by atoms with Crippen LogP contribution in [0.3, 0.4) is 0 Å². The molecule has 0 unspecified atom stereocenters. The molecule has 1 heterocycles. The summed E-state index contributed by atoms with van der Waals surface area (Å²) in [5.41, 5.74) is 1.23. The van der Waals surface area contributed by atoms with Crippen molar-refractivity contribution in [2.75, 3.05) is 11.9 Å². The average Bonchev–Trinajstić information content (AvgIpc) is 2.83. The van der Waals surface area contributed by atoms with Crippen LogP contribution in [0.15, 0.2) is 11.6 Å². The summed E-state index contributed by atoms with van der Waals surface area (Å²) in [6.45, 7) is 0. The van der Waals surface area contributed by atoms with Crippen molar-refractivity contribution in [3.8, 4) is 0 Å². The maximum atomic E-state index is 11.8. The van der Waals surface area contributed by atoms with Crippen molar-refractivity contribution in [3.05, 3.63) is 11.6 Å². The van der Waals surface area contributed by atoms with Crippen molar-refractivity contribution in [1.29, 1.82) is 0 Å². The Morgan fingerprint density at radius 3 is 2.75 bits per heavy atom. The number of anilines is 1. The van der Waals surface area contributed by atoms with Gasteiger partial charge in [-0.3, -0.25) is 9.69 Å². The van der Waals surface area contributed by atoms with Crippen LogP contribution in [0.5, 0.6) is 0 Å². The summed E-state index contributed by atoms with van der Waals surface area (Å²) in [4.78, 5) is 13.2. The summed E-state index contributed by atoms with van der Waals surface area (Å²) in [6.07, 6.45) is 7.41. The Hall–Kier alpha value is -1.72. The number of aromatic amines is 1. The van der Waals surface area contributed by atoms with Crippen LogP contribution in [-0.2, 0) is 4.79 Å². The first-order chi connectivity index (χ1) is 7.77. The number of hydrogen-bond donors (Lipinski definition) is 1. The standard InChI is InChI=1S/C10H15N5O/c1-15(10-11-13-14-12-10)9(16)7-8-5-3-2-4-6-8/h7H,2-6H2,1H3,(H,11,12,13,14). The van der Waals surface area contributed by atoms with E-state index in [-0.39, 0.29) is 5.91 Å². The van der Waals surface area contributed by atoms with E-state index < -0.39 is 0 Å². The molecule has 0 radical (unpaired) electrons. The number of allylic oxidation sites excluding steroid dienone is 1. The lowest BCUT2D eigenvalue weighted by Gasteiger charge is -2.15. The molecular weight excluding hydrogens is 206 g/mol. The van der Waals surface area contributed by atoms with Gasteiger partial charge in [-0.25, -0.2) is 0 Å². The third-order valence-electron chi connectivity index (χ3n) is 2.79. The van der Waals surface area contributed by atoms with Gasteiger partial charge in [-0.1, -0.05) is 17.1 Å². The molecule has 1 N–H and O–H groups in total. The third-order valence-corrected chi connectivity index (χ3v) is 2.79. The number of H-pyrrole nitrogens is 1. The van der Waals surface area contributed by atoms with Gasteiger partial charge in [-0.2, -0.15) is 5.21 Å². The van der Waals surface area contributed by atoms with Crippen LogP contribution in [0.25, 0.3) is 0 Å². The fourth-order valence-electron chi connectivity index (χ4n) is 1.82. The van der Waals surface area contributed by atoms with Crippen LogP contribution in [0.1, 0.15) is 32.1 Å². The number of tetrazole rings is 1. The highest BCUT2D eigenvalue weighted by molar-refractivity contribution is 6.00. The quantitative estimate of drug-likeness (QED) is 0.757. The first-order valence-corrected chi connectivity index (χ1v) is 5.48. The molecule has 0 aromatic carbocycles. The zero-order valence-corrected chi connectivity index (χ0v) is 9.31. The number of likely N-dealkylation sites (N-methyl/N-ethyl adjacent to an activating group) is 1. The Bertz CT molecular complexity index is 376. The van der Waals surface area contributed by atoms with Crippen LogP contribution in [0.2, 0.25) is 0 Å². The van der Waals surface area contributed by atoms with Crippen LogP contribution < -0.4 is 4.90 Å². The number of aromatic nitrogens is 4. The van der Waals surface area contributed by atoms with E-state index in [0.717, 1.165) is 12.8 Å². The molecule has 0 bridgehead atoms. The Morgan fingerprint density at radius 1 is 1.38 bits per heavy atom. The Morgan fingerprint density at radius 2 is 2.12 bits per heavy atom. The first kappa shape index (κ1) is 10.8. The van der Waals surface area contributed by atoms with Gasteiger partial charge in [-0.05, 0) is 30.9 Å². The van der Waals surface area contributed by atoms with E-state index in [1.165, 1.54) is 29.7 Å². The lowest BCUT2D eigenvalue weighted by Crippen LogP contribution is -2.25. The lowest BCUT2D eigenvalue weighted by molar-refractivity contribution is -0.114. The van der Waals surface area contributed by atoms with E-state index >= 15 is 0 Å². The number of rotatable bonds is 2. The van der Waals surface area contributed by atoms with Crippen LogP contribution in [0, 0.1) is 0 Å². The number of carbonyl (C=O) groups is 1. The molecule has 6 nitrogen and oxygen atoms in total. The van der Waals surface area contributed by atoms with E-state index in [9.17, 15) is 4.79 Å². The summed E-state index contributed by atoms with van der Waals surface area (Å²) < 4.78 is 0. The van der Waals surface area contributed by atoms with Crippen molar-refractivity contribution in [2.24, 2.45) is 0 Å². The molecule has 1 amide bonds. The number of nitrogens with one attached hydrogen (secondary N) is 1. The number of hydrogen-bond acceptors (Lipinski definition) is 4. The zero-order valence-electron chi connectivity index (χ0n) is 9.31. The normalized spacial score (nSPS) is 15.9. The third kappa shape index (κ3) is 2.44. The second-order valence-corrected chi connectivity index (χ2v) is 3.97. The second-order valence-electron chi connectivity index (χ2n) is 3.97. The molecule has 86 valence electrons. The molecule has 0 spiro atoms. The van der Waals surface area contributed by atoms with Crippen molar-refractivity contribution in [1.82, 2.24) is 20.6 Å². The minimum absolute atomic E-state index is 0.0849. The van der Waals surface area contributed by atoms with Crippen molar-refractivity contribution < 1.29 is 4.79 Å². The number of amides is 1. The van der Waals surface area contributed by atoms with E-state index in [2.05, 4.69) is 20.6 Å². The van der Waals surface area contributed by atoms with E-state index in [1.54, 1.807) is 13.1 Å². The maximum Gasteiger partial charge on any atom is 0.272 e. The van der Waals surface area contributed by atoms with Gasteiger partial charge in [0.15, 0.2) is 0 Å². The summed E-state index contributed by atoms with van der Waals surface area (Å²) in [6, 6.07) is 0. The Labute approximate surface area is 93.7 Å². The average molecular weight is 221 g/mol. The van der Waals surface area contributed by atoms with Gasteiger partial charge in [0.25, 0.3) is 11.9 Å². The zero-order chi connectivity index (χ0) is 11.4. The van der Waals surface area contributed by atoms with E-state index in [4.69, 9.17) is 0 Å². The molecule has 1 fully saturated rings. The smallest absolute Gasteiger partial charge is 0.272 e. The second kappa shape index (κ2) is 4.87. The van der Waals surface area contributed by atoms with Gasteiger partial charge in [0.2, 0.25) is 0 Å². The van der Waals surface area contributed by atoms with Gasteiger partial charge >= 0.3 is 0 Å². The Balaban J connectivity index is 2.02. The highest BCUT2D eigenvalue weighted by Gasteiger charge is 2.14. The van der Waals surface area contributed by atoms with E-state index in [0.29, 0.717) is 5.95 Å². The molecule has 1 saturated carbocycles. The Kier molecular flexibility index (Phi) is 3.28. The predicted octanol–water partition coefficient (Wildman–Crippen LogP) is 1.05. The van der Waals surface area contributed by atoms with Crippen molar-refractivity contribution in [2.45, 2.75) is 32.1 Å². The van der Waals surface area contributed by atoms with Gasteiger partial charge in [0.05, 0.1) is 0 Å². The molecule has 6 heteroatoms. The molecule has 1 aliphatic carbocycles. The molecule has 16 heavy (non-hydrogen) atoms. The minimum Gasteiger partial charge on any atom is -0.278 e. The largest absolute Gasteiger partial charge is 0.278 e. The fourth-order valence-corrected chi connectivity index (χ4v) is 1.82. The molecule has 0 aliphatic heterocycles. The summed E-state index contributed by atoms with van der Waals surface area (Å²) in [5.74, 6) is 0.218. The maximum absolute atomic E-state index is 11.8. The minimum atomic E-state index is -0.0849. The summed E-state index contributed by atoms with van der Waals surface area (Å²) >= 11 is 0. The number of carbonyl (C=O) groups excluding carboxylic acids is 1. The molecule has 2 rings (SSSR count). The van der Waals surface area contributed by atoms with Crippen LogP contribution >= 0.6 is 0 Å². The summed E-state index contributed by atoms with van der Waals surface area (Å²) in [7, 11) is 1.65. The molecule has 1 aromatic rings. The van der Waals surface area contributed by atoms with Gasteiger partial charge in [-0.15, -0.1) is 5.10 Å². The molecule has 1 aromatic heterocycles. The van der Waals surface area contributed by atoms with Crippen molar-refractivity contribution >= 4 is 11.9 Å². The van der Waals surface area contributed by atoms with Gasteiger partial charge in [0.1, 0.15) is 0 Å². The SMILES string of the molecule is CN(C(=O)C=C1CCCCC1)c1nn[nH]n1. The summed E-state index contributed by atoms with van der Waals surface area (Å²) in [5, 5.41) is 13.3. The van der Waals surface area contributed by atoms with Gasteiger partial charge in [0, 0.05) is 13.1 Å². The monoisotopic (exact) mass is 221 g/mol. The highest BCUT2D eigenvalue weighted by Crippen LogP contribution is 2.22. The van der Waals surface area contributed by atoms with Crippen molar-refractivity contribution in [3.63, 3.8) is 0 Å². The van der Waals surface area contributed by atoms with Crippen LogP contribution in [0.4, 0.5) is 5.95 Å².